The Morgan fingerprint density at radius 1 is 1.17 bits per heavy atom. The van der Waals surface area contributed by atoms with Gasteiger partial charge in [-0.2, -0.15) is 0 Å². The number of aromatic amines is 1. The van der Waals surface area contributed by atoms with Crippen molar-refractivity contribution in [1.82, 2.24) is 14.9 Å². The number of fused-ring (bicyclic) bond motifs is 1. The lowest BCUT2D eigenvalue weighted by molar-refractivity contribution is 0.105. The molecule has 0 aliphatic carbocycles. The van der Waals surface area contributed by atoms with E-state index in [-0.39, 0.29) is 11.1 Å². The predicted molar refractivity (Wildman–Crippen MR) is 88.4 cm³/mol. The van der Waals surface area contributed by atoms with Gasteiger partial charge in [-0.3, -0.25) is 4.79 Å². The van der Waals surface area contributed by atoms with Gasteiger partial charge in [0.15, 0.2) is 17.4 Å². The van der Waals surface area contributed by atoms with Crippen molar-refractivity contribution in [2.45, 2.75) is 0 Å². The fourth-order valence-corrected chi connectivity index (χ4v) is 2.51. The van der Waals surface area contributed by atoms with Crippen molar-refractivity contribution in [1.29, 1.82) is 0 Å². The quantitative estimate of drug-likeness (QED) is 0.588. The molecule has 0 aliphatic rings. The van der Waals surface area contributed by atoms with Gasteiger partial charge in [-0.05, 0) is 18.2 Å². The van der Waals surface area contributed by atoms with Crippen LogP contribution < -0.4 is 0 Å². The fraction of sp³-hybridized carbons (Fsp3) is 0.111. The van der Waals surface area contributed by atoms with Gasteiger partial charge in [0, 0.05) is 54.8 Å². The summed E-state index contributed by atoms with van der Waals surface area (Å²) in [6, 6.07) is 7.25. The first-order valence-electron chi connectivity index (χ1n) is 7.28. The molecule has 1 aromatic carbocycles. The number of halogens is 2. The molecule has 0 amide bonds. The summed E-state index contributed by atoms with van der Waals surface area (Å²) < 4.78 is 27.8. The van der Waals surface area contributed by atoms with Crippen LogP contribution in [0.25, 0.3) is 16.6 Å². The van der Waals surface area contributed by atoms with Crippen LogP contribution in [0.2, 0.25) is 0 Å². The molecule has 3 aromatic rings. The monoisotopic (exact) mass is 327 g/mol. The zero-order valence-electron chi connectivity index (χ0n) is 13.2. The molecular formula is C18H15F2N3O. The molecule has 0 aliphatic heterocycles. The zero-order chi connectivity index (χ0) is 17.3. The lowest BCUT2D eigenvalue weighted by Crippen LogP contribution is -2.10. The van der Waals surface area contributed by atoms with Gasteiger partial charge in [0.1, 0.15) is 5.65 Å². The van der Waals surface area contributed by atoms with Gasteiger partial charge in [0.05, 0.1) is 0 Å². The van der Waals surface area contributed by atoms with Crippen molar-refractivity contribution in [3.63, 3.8) is 0 Å². The van der Waals surface area contributed by atoms with Crippen molar-refractivity contribution in [3.8, 4) is 0 Å². The maximum absolute atomic E-state index is 14.2. The van der Waals surface area contributed by atoms with Crippen LogP contribution in [0.3, 0.4) is 0 Å². The molecule has 2 heterocycles. The van der Waals surface area contributed by atoms with Crippen molar-refractivity contribution >= 4 is 22.4 Å². The van der Waals surface area contributed by atoms with Crippen molar-refractivity contribution in [2.24, 2.45) is 0 Å². The number of ketones is 1. The molecule has 0 spiro atoms. The van der Waals surface area contributed by atoms with Crippen LogP contribution in [0.15, 0.2) is 48.9 Å². The summed E-state index contributed by atoms with van der Waals surface area (Å²) in [6.45, 7) is 0. The number of Topliss-reactive ketones (excluding diaryl/α,β-unsaturated/α-hetero) is 1. The minimum absolute atomic E-state index is 0.0711. The highest BCUT2D eigenvalue weighted by molar-refractivity contribution is 6.32. The molecule has 0 radical (unpaired) electrons. The molecule has 6 heteroatoms. The van der Waals surface area contributed by atoms with Crippen LogP contribution in [0.4, 0.5) is 8.78 Å². The van der Waals surface area contributed by atoms with Crippen molar-refractivity contribution in [2.75, 3.05) is 14.1 Å². The molecule has 24 heavy (non-hydrogen) atoms. The van der Waals surface area contributed by atoms with Crippen LogP contribution in [0.5, 0.6) is 0 Å². The summed E-state index contributed by atoms with van der Waals surface area (Å²) in [5.41, 5.74) is 0.910. The van der Waals surface area contributed by atoms with Crippen LogP contribution in [-0.4, -0.2) is 34.7 Å². The Labute approximate surface area is 137 Å². The number of carbonyl (C=O) groups is 1. The second kappa shape index (κ2) is 6.23. The third-order valence-corrected chi connectivity index (χ3v) is 3.57. The Morgan fingerprint density at radius 2 is 1.96 bits per heavy atom. The normalized spacial score (nSPS) is 11.8. The second-order valence-corrected chi connectivity index (χ2v) is 5.54. The topological polar surface area (TPSA) is 49.0 Å². The summed E-state index contributed by atoms with van der Waals surface area (Å²) in [5.74, 6) is -2.45. The fourth-order valence-electron chi connectivity index (χ4n) is 2.51. The number of rotatable bonds is 4. The van der Waals surface area contributed by atoms with E-state index in [1.807, 2.05) is 0 Å². The van der Waals surface area contributed by atoms with Crippen molar-refractivity contribution in [3.05, 3.63) is 71.7 Å². The van der Waals surface area contributed by atoms with E-state index in [0.29, 0.717) is 16.6 Å². The average molecular weight is 327 g/mol. The van der Waals surface area contributed by atoms with E-state index in [9.17, 15) is 13.6 Å². The van der Waals surface area contributed by atoms with Crippen LogP contribution in [-0.2, 0) is 0 Å². The van der Waals surface area contributed by atoms with E-state index in [0.717, 1.165) is 6.07 Å². The van der Waals surface area contributed by atoms with Crippen molar-refractivity contribution < 1.29 is 13.6 Å². The molecule has 0 saturated carbocycles. The van der Waals surface area contributed by atoms with Gasteiger partial charge in [-0.15, -0.1) is 0 Å². The zero-order valence-corrected chi connectivity index (χ0v) is 13.2. The number of hydrogen-bond acceptors (Lipinski definition) is 3. The molecule has 4 nitrogen and oxygen atoms in total. The molecule has 122 valence electrons. The number of carbonyl (C=O) groups excluding carboxylic acids is 1. The largest absolute Gasteiger partial charge is 0.383 e. The Hall–Kier alpha value is -3.02. The summed E-state index contributed by atoms with van der Waals surface area (Å²) in [4.78, 5) is 21.7. The van der Waals surface area contributed by atoms with Crippen LogP contribution in [0, 0.1) is 11.6 Å². The first-order valence-corrected chi connectivity index (χ1v) is 7.28. The van der Waals surface area contributed by atoms with E-state index in [4.69, 9.17) is 0 Å². The maximum atomic E-state index is 14.2. The third kappa shape index (κ3) is 2.78. The molecule has 0 fully saturated rings. The Balaban J connectivity index is 2.17. The number of nitrogens with zero attached hydrogens (tertiary/aromatic N) is 2. The van der Waals surface area contributed by atoms with Gasteiger partial charge in [0.2, 0.25) is 0 Å². The maximum Gasteiger partial charge on any atom is 0.197 e. The lowest BCUT2D eigenvalue weighted by Gasteiger charge is -2.12. The predicted octanol–water partition coefficient (Wildman–Crippen LogP) is 3.63. The average Bonchev–Trinajstić information content (AvgIpc) is 2.99. The van der Waals surface area contributed by atoms with E-state index in [2.05, 4.69) is 9.97 Å². The molecule has 0 atom stereocenters. The minimum Gasteiger partial charge on any atom is -0.383 e. The first-order chi connectivity index (χ1) is 11.5. The van der Waals surface area contributed by atoms with Gasteiger partial charge in [0.25, 0.3) is 0 Å². The number of benzene rings is 1. The number of nitrogens with one attached hydrogen (secondary N) is 1. The summed E-state index contributed by atoms with van der Waals surface area (Å²) in [5, 5.41) is 0.629. The highest BCUT2D eigenvalue weighted by Gasteiger charge is 2.22. The lowest BCUT2D eigenvalue weighted by atomic mass is 9.97. The molecule has 3 rings (SSSR count). The number of allylic oxidation sites excluding steroid dienone is 1. The van der Waals surface area contributed by atoms with Gasteiger partial charge in [-0.1, -0.05) is 12.1 Å². The third-order valence-electron chi connectivity index (χ3n) is 3.57. The smallest absolute Gasteiger partial charge is 0.197 e. The molecule has 2 aromatic heterocycles. The molecule has 1 N–H and O–H groups in total. The first kappa shape index (κ1) is 15.9. The summed E-state index contributed by atoms with van der Waals surface area (Å²) >= 11 is 0. The highest BCUT2D eigenvalue weighted by atomic mass is 19.2. The summed E-state index contributed by atoms with van der Waals surface area (Å²) in [7, 11) is 3.42. The van der Waals surface area contributed by atoms with E-state index in [1.54, 1.807) is 37.3 Å². The highest BCUT2D eigenvalue weighted by Crippen LogP contribution is 2.27. The number of hydrogen-bond donors (Lipinski definition) is 1. The Bertz CT molecular complexity index is 944. The van der Waals surface area contributed by atoms with Gasteiger partial charge >= 0.3 is 0 Å². The number of H-pyrrole nitrogens is 1. The molecule has 0 bridgehead atoms. The van der Waals surface area contributed by atoms with E-state index in [1.165, 1.54) is 24.5 Å². The molecule has 0 unspecified atom stereocenters. The Morgan fingerprint density at radius 3 is 2.71 bits per heavy atom. The van der Waals surface area contributed by atoms with Gasteiger partial charge < -0.3 is 9.88 Å². The van der Waals surface area contributed by atoms with Gasteiger partial charge in [-0.25, -0.2) is 13.8 Å². The van der Waals surface area contributed by atoms with Crippen LogP contribution in [0.1, 0.15) is 15.9 Å². The second-order valence-electron chi connectivity index (χ2n) is 5.54. The van der Waals surface area contributed by atoms with Crippen LogP contribution >= 0.6 is 0 Å². The van der Waals surface area contributed by atoms with E-state index < -0.39 is 17.4 Å². The standard InChI is InChI=1S/C18H15F2N3O/c1-23(2)10-14(11-5-3-7-15(19)16(11)20)17(24)13-9-22-18-12(13)6-4-8-21-18/h3-10H,1-2H3,(H,21,22)/b14-10-. The van der Waals surface area contributed by atoms with E-state index >= 15 is 0 Å². The number of pyridine rings is 1. The Kier molecular flexibility index (Phi) is 4.12. The molecular weight excluding hydrogens is 312 g/mol. The minimum atomic E-state index is -1.04. The molecule has 0 saturated heterocycles. The number of aromatic nitrogens is 2. The SMILES string of the molecule is CN(C)/C=C(\C(=O)c1c[nH]c2ncccc12)c1cccc(F)c1F. The summed E-state index contributed by atoms with van der Waals surface area (Å²) in [6.07, 6.45) is 4.62.